The average Bonchev–Trinajstić information content (AvgIpc) is 3.31. The Balaban J connectivity index is 1.62. The average molecular weight is 355 g/mol. The van der Waals surface area contributed by atoms with Crippen LogP contribution in [0.5, 0.6) is 0 Å². The molecular weight excluding hydrogens is 338 g/mol. The van der Waals surface area contributed by atoms with E-state index in [2.05, 4.69) is 5.32 Å². The summed E-state index contributed by atoms with van der Waals surface area (Å²) in [5.74, 6) is -2.55. The zero-order valence-corrected chi connectivity index (χ0v) is 13.9. The van der Waals surface area contributed by atoms with Crippen LogP contribution in [0.1, 0.15) is 45.5 Å². The van der Waals surface area contributed by atoms with Crippen molar-refractivity contribution in [2.45, 2.75) is 31.7 Å². The maximum atomic E-state index is 12.9. The SMILES string of the molecule is NC(=O)C1CC1Cc1cccc2c1C(=O)N(C1CCC(=O)NC1=O)C2=O. The second-order valence-electron chi connectivity index (χ2n) is 7.00. The molecule has 4 rings (SSSR count). The first-order valence-corrected chi connectivity index (χ1v) is 8.51. The molecule has 1 aromatic carbocycles. The summed E-state index contributed by atoms with van der Waals surface area (Å²) < 4.78 is 0. The first-order valence-electron chi connectivity index (χ1n) is 8.51. The normalized spacial score (nSPS) is 27.4. The van der Waals surface area contributed by atoms with E-state index in [1.807, 2.05) is 0 Å². The number of hydrogen-bond acceptors (Lipinski definition) is 5. The van der Waals surface area contributed by atoms with Crippen LogP contribution in [0, 0.1) is 11.8 Å². The third kappa shape index (κ3) is 2.49. The van der Waals surface area contributed by atoms with Crippen LogP contribution in [0.4, 0.5) is 0 Å². The summed E-state index contributed by atoms with van der Waals surface area (Å²) in [6.07, 6.45) is 1.37. The van der Waals surface area contributed by atoms with Crippen molar-refractivity contribution in [2.24, 2.45) is 17.6 Å². The number of amides is 5. The smallest absolute Gasteiger partial charge is 0.262 e. The lowest BCUT2D eigenvalue weighted by atomic mass is 9.98. The number of nitrogens with zero attached hydrogens (tertiary/aromatic N) is 1. The Kier molecular flexibility index (Phi) is 3.64. The van der Waals surface area contributed by atoms with Gasteiger partial charge in [0.05, 0.1) is 11.1 Å². The van der Waals surface area contributed by atoms with Gasteiger partial charge in [0, 0.05) is 12.3 Å². The zero-order valence-electron chi connectivity index (χ0n) is 13.9. The molecule has 3 atom stereocenters. The fourth-order valence-corrected chi connectivity index (χ4v) is 3.86. The largest absolute Gasteiger partial charge is 0.369 e. The molecule has 26 heavy (non-hydrogen) atoms. The lowest BCUT2D eigenvalue weighted by Gasteiger charge is -2.27. The van der Waals surface area contributed by atoms with Crippen LogP contribution in [-0.4, -0.2) is 40.5 Å². The number of hydrogen-bond donors (Lipinski definition) is 2. The molecule has 3 N–H and O–H groups in total. The van der Waals surface area contributed by atoms with E-state index < -0.39 is 29.7 Å². The first-order chi connectivity index (χ1) is 12.4. The third-order valence-electron chi connectivity index (χ3n) is 5.32. The molecule has 2 fully saturated rings. The van der Waals surface area contributed by atoms with Gasteiger partial charge in [-0.3, -0.25) is 34.2 Å². The molecule has 1 saturated heterocycles. The van der Waals surface area contributed by atoms with Gasteiger partial charge in [-0.2, -0.15) is 0 Å². The van der Waals surface area contributed by atoms with Crippen molar-refractivity contribution in [3.8, 4) is 0 Å². The predicted octanol–water partition coefficient (Wildman–Crippen LogP) is -0.248. The molecule has 0 spiro atoms. The van der Waals surface area contributed by atoms with Gasteiger partial charge in [0.15, 0.2) is 0 Å². The van der Waals surface area contributed by atoms with Crippen molar-refractivity contribution in [1.29, 1.82) is 0 Å². The summed E-state index contributed by atoms with van der Waals surface area (Å²) >= 11 is 0. The summed E-state index contributed by atoms with van der Waals surface area (Å²) in [5, 5.41) is 2.17. The molecule has 8 heteroatoms. The Labute approximate surface area is 148 Å². The highest BCUT2D eigenvalue weighted by Crippen LogP contribution is 2.42. The second-order valence-corrected chi connectivity index (χ2v) is 7.00. The van der Waals surface area contributed by atoms with Gasteiger partial charge in [0.25, 0.3) is 11.8 Å². The summed E-state index contributed by atoms with van der Waals surface area (Å²) in [6, 6.07) is 4.03. The minimum atomic E-state index is -0.979. The van der Waals surface area contributed by atoms with Crippen LogP contribution in [0.25, 0.3) is 0 Å². The molecule has 134 valence electrons. The maximum Gasteiger partial charge on any atom is 0.262 e. The minimum Gasteiger partial charge on any atom is -0.369 e. The van der Waals surface area contributed by atoms with Gasteiger partial charge in [-0.1, -0.05) is 12.1 Å². The van der Waals surface area contributed by atoms with E-state index in [-0.39, 0.29) is 41.7 Å². The van der Waals surface area contributed by atoms with Crippen molar-refractivity contribution in [3.63, 3.8) is 0 Å². The predicted molar refractivity (Wildman–Crippen MR) is 87.6 cm³/mol. The van der Waals surface area contributed by atoms with Gasteiger partial charge in [0.2, 0.25) is 17.7 Å². The lowest BCUT2D eigenvalue weighted by Crippen LogP contribution is -2.54. The second kappa shape index (κ2) is 5.76. The van der Waals surface area contributed by atoms with E-state index in [4.69, 9.17) is 5.73 Å². The molecule has 8 nitrogen and oxygen atoms in total. The number of carbonyl (C=O) groups is 5. The van der Waals surface area contributed by atoms with Crippen molar-refractivity contribution in [1.82, 2.24) is 10.2 Å². The number of nitrogens with one attached hydrogen (secondary N) is 1. The number of fused-ring (bicyclic) bond motifs is 1. The van der Waals surface area contributed by atoms with Crippen LogP contribution in [0.3, 0.4) is 0 Å². The third-order valence-corrected chi connectivity index (χ3v) is 5.32. The molecule has 1 aliphatic carbocycles. The molecule has 0 radical (unpaired) electrons. The highest BCUT2D eigenvalue weighted by molar-refractivity contribution is 6.24. The highest BCUT2D eigenvalue weighted by atomic mass is 16.2. The Morgan fingerprint density at radius 2 is 1.96 bits per heavy atom. The van der Waals surface area contributed by atoms with Crippen molar-refractivity contribution < 1.29 is 24.0 Å². The van der Waals surface area contributed by atoms with Crippen molar-refractivity contribution >= 4 is 29.5 Å². The number of primary amides is 1. The van der Waals surface area contributed by atoms with Crippen LogP contribution in [-0.2, 0) is 20.8 Å². The fourth-order valence-electron chi connectivity index (χ4n) is 3.86. The molecule has 3 unspecified atom stereocenters. The maximum absolute atomic E-state index is 12.9. The van der Waals surface area contributed by atoms with E-state index in [1.54, 1.807) is 18.2 Å². The zero-order chi connectivity index (χ0) is 18.6. The van der Waals surface area contributed by atoms with Crippen LogP contribution in [0.2, 0.25) is 0 Å². The molecule has 2 heterocycles. The molecule has 0 bridgehead atoms. The van der Waals surface area contributed by atoms with Crippen molar-refractivity contribution in [3.05, 3.63) is 34.9 Å². The van der Waals surface area contributed by atoms with Gasteiger partial charge in [-0.15, -0.1) is 0 Å². The summed E-state index contributed by atoms with van der Waals surface area (Å²) in [4.78, 5) is 61.3. The van der Waals surface area contributed by atoms with E-state index >= 15 is 0 Å². The number of imide groups is 2. The topological polar surface area (TPSA) is 127 Å². The first kappa shape index (κ1) is 16.4. The number of piperidine rings is 1. The summed E-state index contributed by atoms with van der Waals surface area (Å²) in [5.41, 5.74) is 6.54. The van der Waals surface area contributed by atoms with E-state index in [0.29, 0.717) is 18.4 Å². The van der Waals surface area contributed by atoms with Crippen LogP contribution < -0.4 is 11.1 Å². The Morgan fingerprint density at radius 1 is 1.19 bits per heavy atom. The van der Waals surface area contributed by atoms with E-state index in [0.717, 1.165) is 4.90 Å². The number of carbonyl (C=O) groups excluding carboxylic acids is 5. The monoisotopic (exact) mass is 355 g/mol. The quantitative estimate of drug-likeness (QED) is 0.720. The Hall–Kier alpha value is -3.03. The van der Waals surface area contributed by atoms with Crippen LogP contribution in [0.15, 0.2) is 18.2 Å². The molecule has 3 aliphatic rings. The highest BCUT2D eigenvalue weighted by Gasteiger charge is 2.47. The van der Waals surface area contributed by atoms with E-state index in [9.17, 15) is 24.0 Å². The molecule has 2 aliphatic heterocycles. The Bertz CT molecular complexity index is 878. The number of nitrogens with two attached hydrogens (primary N) is 1. The molecular formula is C18H17N3O5. The molecule has 1 saturated carbocycles. The molecule has 0 aromatic heterocycles. The van der Waals surface area contributed by atoms with Gasteiger partial charge in [0.1, 0.15) is 6.04 Å². The number of rotatable bonds is 4. The van der Waals surface area contributed by atoms with Gasteiger partial charge in [-0.05, 0) is 36.8 Å². The van der Waals surface area contributed by atoms with Gasteiger partial charge >= 0.3 is 0 Å². The number of benzene rings is 1. The van der Waals surface area contributed by atoms with Gasteiger partial charge < -0.3 is 5.73 Å². The summed E-state index contributed by atoms with van der Waals surface area (Å²) in [6.45, 7) is 0. The minimum absolute atomic E-state index is 0.0755. The standard InChI is InChI=1S/C18H17N3O5/c19-15(23)11-7-9(11)6-8-2-1-3-10-14(8)18(26)21(17(10)25)12-4-5-13(22)20-16(12)24/h1-3,9,11-12H,4-7H2,(H2,19,23)(H,20,22,24). The van der Waals surface area contributed by atoms with E-state index in [1.165, 1.54) is 0 Å². The van der Waals surface area contributed by atoms with Gasteiger partial charge in [-0.25, -0.2) is 0 Å². The fraction of sp³-hybridized carbons (Fsp3) is 0.389. The lowest BCUT2D eigenvalue weighted by molar-refractivity contribution is -0.136. The van der Waals surface area contributed by atoms with Crippen molar-refractivity contribution in [2.75, 3.05) is 0 Å². The Morgan fingerprint density at radius 3 is 2.62 bits per heavy atom. The summed E-state index contributed by atoms with van der Waals surface area (Å²) in [7, 11) is 0. The molecule has 1 aromatic rings. The van der Waals surface area contributed by atoms with Crippen LogP contribution >= 0.6 is 0 Å². The molecule has 5 amide bonds.